The summed E-state index contributed by atoms with van der Waals surface area (Å²) in [6, 6.07) is 12.5. The third-order valence-corrected chi connectivity index (χ3v) is 4.45. The van der Waals surface area contributed by atoms with E-state index in [1.807, 2.05) is 5.32 Å². The monoisotopic (exact) mass is 406 g/mol. The van der Waals surface area contributed by atoms with E-state index in [2.05, 4.69) is 20.3 Å². The van der Waals surface area contributed by atoms with Gasteiger partial charge < -0.3 is 5.32 Å². The van der Waals surface area contributed by atoms with Crippen molar-refractivity contribution in [1.29, 1.82) is 0 Å². The SMILES string of the molecule is O=S(=O)(/N=C(/Nc1ccc(Br)cc1)C(F)(F)F)c1ccccc1. The third kappa shape index (κ3) is 4.80. The Morgan fingerprint density at radius 1 is 1.00 bits per heavy atom. The molecule has 0 radical (unpaired) electrons. The number of nitrogens with zero attached hydrogens (tertiary/aromatic N) is 1. The second-order valence-electron chi connectivity index (χ2n) is 4.36. The van der Waals surface area contributed by atoms with Crippen LogP contribution in [0.25, 0.3) is 0 Å². The molecular weight excluding hydrogens is 397 g/mol. The fourth-order valence-corrected chi connectivity index (χ4v) is 2.84. The summed E-state index contributed by atoms with van der Waals surface area (Å²) in [5.41, 5.74) is 0.0625. The predicted molar refractivity (Wildman–Crippen MR) is 84.9 cm³/mol. The van der Waals surface area contributed by atoms with Gasteiger partial charge in [-0.1, -0.05) is 34.1 Å². The molecule has 1 N–H and O–H groups in total. The minimum absolute atomic E-state index is 0.0625. The molecule has 0 spiro atoms. The first-order valence-electron chi connectivity index (χ1n) is 6.18. The number of alkyl halides is 3. The van der Waals surface area contributed by atoms with E-state index in [1.165, 1.54) is 48.5 Å². The van der Waals surface area contributed by atoms with Crippen LogP contribution in [0.4, 0.5) is 18.9 Å². The molecule has 122 valence electrons. The lowest BCUT2D eigenvalue weighted by Gasteiger charge is -2.13. The number of hydrogen-bond acceptors (Lipinski definition) is 2. The number of halogens is 4. The molecule has 2 rings (SSSR count). The summed E-state index contributed by atoms with van der Waals surface area (Å²) >= 11 is 3.15. The van der Waals surface area contributed by atoms with Gasteiger partial charge in [-0.25, -0.2) is 0 Å². The molecule has 2 aromatic carbocycles. The Bertz CT molecular complexity index is 804. The topological polar surface area (TPSA) is 58.5 Å². The summed E-state index contributed by atoms with van der Waals surface area (Å²) in [7, 11) is -4.47. The van der Waals surface area contributed by atoms with Crippen LogP contribution in [0, 0.1) is 0 Å². The summed E-state index contributed by atoms with van der Waals surface area (Å²) in [6.45, 7) is 0. The van der Waals surface area contributed by atoms with Crippen LogP contribution in [0.5, 0.6) is 0 Å². The maximum absolute atomic E-state index is 13.1. The van der Waals surface area contributed by atoms with E-state index in [0.29, 0.717) is 4.47 Å². The van der Waals surface area contributed by atoms with Gasteiger partial charge in [0, 0.05) is 10.2 Å². The lowest BCUT2D eigenvalue weighted by molar-refractivity contribution is -0.0585. The molecule has 0 saturated heterocycles. The lowest BCUT2D eigenvalue weighted by atomic mass is 10.3. The first kappa shape index (κ1) is 17.5. The molecule has 0 bridgehead atoms. The minimum Gasteiger partial charge on any atom is -0.335 e. The Labute approximate surface area is 139 Å². The number of benzene rings is 2. The van der Waals surface area contributed by atoms with Crippen molar-refractivity contribution in [2.24, 2.45) is 4.40 Å². The summed E-state index contributed by atoms with van der Waals surface area (Å²) in [5, 5.41) is 2.00. The third-order valence-electron chi connectivity index (χ3n) is 2.63. The minimum atomic E-state index is -4.95. The maximum Gasteiger partial charge on any atom is 0.450 e. The number of rotatable bonds is 3. The molecule has 4 nitrogen and oxygen atoms in total. The Morgan fingerprint density at radius 3 is 2.09 bits per heavy atom. The van der Waals surface area contributed by atoms with Crippen LogP contribution in [0.2, 0.25) is 0 Å². The van der Waals surface area contributed by atoms with Crippen molar-refractivity contribution >= 4 is 37.5 Å². The summed E-state index contributed by atoms with van der Waals surface area (Å²) < 4.78 is 66.8. The van der Waals surface area contributed by atoms with Crippen LogP contribution in [0.3, 0.4) is 0 Å². The van der Waals surface area contributed by atoms with Gasteiger partial charge in [0.2, 0.25) is 5.84 Å². The zero-order valence-electron chi connectivity index (χ0n) is 11.4. The second-order valence-corrected chi connectivity index (χ2v) is 6.88. The van der Waals surface area contributed by atoms with Crippen LogP contribution in [0.15, 0.2) is 68.4 Å². The van der Waals surface area contributed by atoms with E-state index in [4.69, 9.17) is 0 Å². The summed E-state index contributed by atoms with van der Waals surface area (Å²) in [4.78, 5) is -0.320. The average molecular weight is 407 g/mol. The number of hydrogen-bond donors (Lipinski definition) is 1. The fourth-order valence-electron chi connectivity index (χ4n) is 1.58. The highest BCUT2D eigenvalue weighted by atomic mass is 79.9. The van der Waals surface area contributed by atoms with E-state index in [9.17, 15) is 21.6 Å². The van der Waals surface area contributed by atoms with E-state index in [-0.39, 0.29) is 10.6 Å². The molecule has 0 aliphatic carbocycles. The molecule has 0 atom stereocenters. The van der Waals surface area contributed by atoms with Crippen molar-refractivity contribution < 1.29 is 21.6 Å². The Hall–Kier alpha value is -1.87. The van der Waals surface area contributed by atoms with Gasteiger partial charge in [0.05, 0.1) is 4.90 Å². The van der Waals surface area contributed by atoms with Crippen molar-refractivity contribution in [3.63, 3.8) is 0 Å². The largest absolute Gasteiger partial charge is 0.450 e. The van der Waals surface area contributed by atoms with E-state index in [1.54, 1.807) is 6.07 Å². The summed E-state index contributed by atoms with van der Waals surface area (Å²) in [5.74, 6) is -1.61. The van der Waals surface area contributed by atoms with Crippen molar-refractivity contribution in [2.75, 3.05) is 5.32 Å². The Morgan fingerprint density at radius 2 is 1.57 bits per heavy atom. The van der Waals surface area contributed by atoms with Crippen molar-refractivity contribution in [3.05, 3.63) is 59.1 Å². The van der Waals surface area contributed by atoms with Gasteiger partial charge in [0.25, 0.3) is 10.0 Å². The molecule has 0 aliphatic heterocycles. The molecule has 9 heteroatoms. The van der Waals surface area contributed by atoms with Crippen LogP contribution >= 0.6 is 15.9 Å². The average Bonchev–Trinajstić information content (AvgIpc) is 2.48. The zero-order valence-corrected chi connectivity index (χ0v) is 13.8. The standard InChI is InChI=1S/C14H10BrF3N2O2S/c15-10-6-8-11(9-7-10)19-13(14(16,17)18)20-23(21,22)12-4-2-1-3-5-12/h1-9H,(H,19,20). The van der Waals surface area contributed by atoms with Crippen LogP contribution < -0.4 is 5.32 Å². The Balaban J connectivity index is 2.41. The number of nitrogens with one attached hydrogen (secondary N) is 1. The maximum atomic E-state index is 13.1. The van der Waals surface area contributed by atoms with E-state index in [0.717, 1.165) is 0 Å². The highest BCUT2D eigenvalue weighted by molar-refractivity contribution is 9.10. The van der Waals surface area contributed by atoms with Gasteiger partial charge in [-0.05, 0) is 36.4 Å². The highest BCUT2D eigenvalue weighted by Crippen LogP contribution is 2.23. The number of sulfonamides is 1. The van der Waals surface area contributed by atoms with Crippen LogP contribution in [0.1, 0.15) is 0 Å². The molecule has 0 saturated carbocycles. The van der Waals surface area contributed by atoms with Crippen LogP contribution in [-0.4, -0.2) is 20.4 Å². The quantitative estimate of drug-likeness (QED) is 0.613. The highest BCUT2D eigenvalue weighted by Gasteiger charge is 2.38. The molecule has 0 fully saturated rings. The first-order valence-corrected chi connectivity index (χ1v) is 8.41. The van der Waals surface area contributed by atoms with Gasteiger partial charge in [0.15, 0.2) is 0 Å². The van der Waals surface area contributed by atoms with Gasteiger partial charge in [-0.15, -0.1) is 4.40 Å². The second kappa shape index (κ2) is 6.71. The smallest absolute Gasteiger partial charge is 0.335 e. The van der Waals surface area contributed by atoms with Crippen molar-refractivity contribution in [3.8, 4) is 0 Å². The molecule has 0 aromatic heterocycles. The lowest BCUT2D eigenvalue weighted by Crippen LogP contribution is -2.31. The molecule has 0 unspecified atom stereocenters. The predicted octanol–water partition coefficient (Wildman–Crippen LogP) is 4.21. The van der Waals surface area contributed by atoms with Crippen LogP contribution in [-0.2, 0) is 10.0 Å². The number of anilines is 1. The fraction of sp³-hybridized carbons (Fsp3) is 0.0714. The van der Waals surface area contributed by atoms with Gasteiger partial charge in [0.1, 0.15) is 0 Å². The normalized spacial score (nSPS) is 13.0. The molecule has 0 heterocycles. The Kier molecular flexibility index (Phi) is 5.10. The van der Waals surface area contributed by atoms with Crippen molar-refractivity contribution in [2.45, 2.75) is 11.1 Å². The molecule has 2 aromatic rings. The van der Waals surface area contributed by atoms with E-state index < -0.39 is 22.0 Å². The molecule has 0 amide bonds. The zero-order chi connectivity index (χ0) is 17.1. The van der Waals surface area contributed by atoms with Gasteiger partial charge in [-0.3, -0.25) is 0 Å². The molecular formula is C14H10BrF3N2O2S. The van der Waals surface area contributed by atoms with Gasteiger partial charge in [-0.2, -0.15) is 21.6 Å². The molecule has 0 aliphatic rings. The number of amidine groups is 1. The van der Waals surface area contributed by atoms with Crippen molar-refractivity contribution in [1.82, 2.24) is 0 Å². The summed E-state index contributed by atoms with van der Waals surface area (Å²) in [6.07, 6.45) is -4.95. The first-order chi connectivity index (χ1) is 10.7. The molecule has 23 heavy (non-hydrogen) atoms. The van der Waals surface area contributed by atoms with Gasteiger partial charge >= 0.3 is 6.18 Å². The van der Waals surface area contributed by atoms with E-state index >= 15 is 0 Å².